The van der Waals surface area contributed by atoms with Gasteiger partial charge in [0.15, 0.2) is 0 Å². The van der Waals surface area contributed by atoms with Gasteiger partial charge in [-0.15, -0.1) is 0 Å². The van der Waals surface area contributed by atoms with Crippen LogP contribution in [0.5, 0.6) is 0 Å². The molecule has 15 heavy (non-hydrogen) atoms. The summed E-state index contributed by atoms with van der Waals surface area (Å²) < 4.78 is 0. The van der Waals surface area contributed by atoms with Crippen LogP contribution in [-0.2, 0) is 0 Å². The molecule has 1 atom stereocenters. The van der Waals surface area contributed by atoms with Crippen molar-refractivity contribution in [3.63, 3.8) is 0 Å². The van der Waals surface area contributed by atoms with E-state index in [0.29, 0.717) is 0 Å². The van der Waals surface area contributed by atoms with Gasteiger partial charge in [0.2, 0.25) is 0 Å². The van der Waals surface area contributed by atoms with Crippen molar-refractivity contribution >= 4 is 5.57 Å². The van der Waals surface area contributed by atoms with E-state index in [2.05, 4.69) is 58.0 Å². The smallest absolute Gasteiger partial charge is 0.0230 e. The highest BCUT2D eigenvalue weighted by Crippen LogP contribution is 2.17. The van der Waals surface area contributed by atoms with E-state index in [1.807, 2.05) is 0 Å². The predicted octanol–water partition coefficient (Wildman–Crippen LogP) is 4.83. The molecule has 0 N–H and O–H groups in total. The topological polar surface area (TPSA) is 0 Å². The molecule has 0 saturated carbocycles. The lowest BCUT2D eigenvalue weighted by atomic mass is 10.00. The van der Waals surface area contributed by atoms with Crippen molar-refractivity contribution in [3.8, 4) is 0 Å². The Hall–Kier alpha value is -1.04. The third kappa shape index (κ3) is 3.91. The fourth-order valence-corrected chi connectivity index (χ4v) is 1.48. The molecule has 0 nitrogen and oxygen atoms in total. The van der Waals surface area contributed by atoms with E-state index in [-0.39, 0.29) is 0 Å². The SMILES string of the molecule is CCC(C)C/C=C(\C)c1ccc(C)cc1. The summed E-state index contributed by atoms with van der Waals surface area (Å²) >= 11 is 0. The number of rotatable bonds is 4. The highest BCUT2D eigenvalue weighted by molar-refractivity contribution is 5.63. The molecule has 0 heterocycles. The van der Waals surface area contributed by atoms with E-state index in [0.717, 1.165) is 5.92 Å². The van der Waals surface area contributed by atoms with Crippen molar-refractivity contribution in [2.24, 2.45) is 5.92 Å². The second kappa shape index (κ2) is 5.75. The molecule has 82 valence electrons. The third-order valence-electron chi connectivity index (χ3n) is 3.03. The van der Waals surface area contributed by atoms with E-state index < -0.39 is 0 Å². The van der Waals surface area contributed by atoms with Crippen LogP contribution < -0.4 is 0 Å². The summed E-state index contributed by atoms with van der Waals surface area (Å²) in [5, 5.41) is 0. The van der Waals surface area contributed by atoms with E-state index in [1.165, 1.54) is 29.5 Å². The number of hydrogen-bond acceptors (Lipinski definition) is 0. The summed E-state index contributed by atoms with van der Waals surface area (Å²) in [6.45, 7) is 8.88. The van der Waals surface area contributed by atoms with Gasteiger partial charge in [-0.25, -0.2) is 0 Å². The number of hydrogen-bond donors (Lipinski definition) is 0. The van der Waals surface area contributed by atoms with Crippen LogP contribution in [0.25, 0.3) is 5.57 Å². The van der Waals surface area contributed by atoms with Gasteiger partial charge in [0, 0.05) is 0 Å². The molecule has 0 fully saturated rings. The van der Waals surface area contributed by atoms with Gasteiger partial charge in [-0.2, -0.15) is 0 Å². The molecule has 0 bridgehead atoms. The van der Waals surface area contributed by atoms with E-state index in [4.69, 9.17) is 0 Å². The molecular formula is C15H22. The average Bonchev–Trinajstić information content (AvgIpc) is 2.26. The van der Waals surface area contributed by atoms with Crippen molar-refractivity contribution in [1.82, 2.24) is 0 Å². The third-order valence-corrected chi connectivity index (χ3v) is 3.03. The molecule has 0 aromatic heterocycles. The Labute approximate surface area is 94.0 Å². The van der Waals surface area contributed by atoms with Gasteiger partial charge in [-0.05, 0) is 37.3 Å². The first-order chi connectivity index (χ1) is 7.13. The molecule has 0 aliphatic rings. The van der Waals surface area contributed by atoms with E-state index in [9.17, 15) is 0 Å². The van der Waals surface area contributed by atoms with Crippen LogP contribution in [0.15, 0.2) is 30.3 Å². The van der Waals surface area contributed by atoms with Gasteiger partial charge >= 0.3 is 0 Å². The molecule has 0 spiro atoms. The zero-order chi connectivity index (χ0) is 11.3. The first-order valence-electron chi connectivity index (χ1n) is 5.87. The lowest BCUT2D eigenvalue weighted by Gasteiger charge is -2.06. The summed E-state index contributed by atoms with van der Waals surface area (Å²) in [5.74, 6) is 0.797. The number of aryl methyl sites for hydroxylation is 1. The van der Waals surface area contributed by atoms with Gasteiger partial charge in [0.1, 0.15) is 0 Å². The Bertz CT molecular complexity index is 316. The summed E-state index contributed by atoms with van der Waals surface area (Å²) in [6, 6.07) is 8.77. The maximum Gasteiger partial charge on any atom is -0.0230 e. The number of allylic oxidation sites excluding steroid dienone is 2. The molecule has 1 rings (SSSR count). The fraction of sp³-hybridized carbons (Fsp3) is 0.467. The van der Waals surface area contributed by atoms with Crippen LogP contribution in [0.2, 0.25) is 0 Å². The lowest BCUT2D eigenvalue weighted by molar-refractivity contribution is 0.572. The lowest BCUT2D eigenvalue weighted by Crippen LogP contribution is -1.89. The summed E-state index contributed by atoms with van der Waals surface area (Å²) in [7, 11) is 0. The van der Waals surface area contributed by atoms with Gasteiger partial charge in [0.25, 0.3) is 0 Å². The van der Waals surface area contributed by atoms with E-state index >= 15 is 0 Å². The van der Waals surface area contributed by atoms with Crippen molar-refractivity contribution < 1.29 is 0 Å². The molecular weight excluding hydrogens is 180 g/mol. The molecule has 0 radical (unpaired) electrons. The monoisotopic (exact) mass is 202 g/mol. The van der Waals surface area contributed by atoms with Crippen molar-refractivity contribution in [3.05, 3.63) is 41.5 Å². The first kappa shape index (κ1) is 12.0. The molecule has 1 unspecified atom stereocenters. The van der Waals surface area contributed by atoms with Crippen LogP contribution >= 0.6 is 0 Å². The predicted molar refractivity (Wildman–Crippen MR) is 68.9 cm³/mol. The zero-order valence-corrected chi connectivity index (χ0v) is 10.4. The molecule has 0 aliphatic carbocycles. The highest BCUT2D eigenvalue weighted by Gasteiger charge is 1.98. The largest absolute Gasteiger partial charge is 0.0807 e. The van der Waals surface area contributed by atoms with Gasteiger partial charge < -0.3 is 0 Å². The molecule has 0 heteroatoms. The van der Waals surface area contributed by atoms with Crippen molar-refractivity contribution in [2.45, 2.75) is 40.5 Å². The molecule has 1 aromatic carbocycles. The highest BCUT2D eigenvalue weighted by atomic mass is 14.0. The van der Waals surface area contributed by atoms with Gasteiger partial charge in [-0.3, -0.25) is 0 Å². The fourth-order valence-electron chi connectivity index (χ4n) is 1.48. The molecule has 0 amide bonds. The Morgan fingerprint density at radius 2 is 1.87 bits per heavy atom. The minimum absolute atomic E-state index is 0.797. The normalized spacial score (nSPS) is 14.0. The average molecular weight is 202 g/mol. The molecule has 1 aromatic rings. The Kier molecular flexibility index (Phi) is 4.61. The quantitative estimate of drug-likeness (QED) is 0.655. The molecule has 0 saturated heterocycles. The Balaban J connectivity index is 2.67. The zero-order valence-electron chi connectivity index (χ0n) is 10.4. The maximum atomic E-state index is 2.36. The Morgan fingerprint density at radius 3 is 2.40 bits per heavy atom. The van der Waals surface area contributed by atoms with Gasteiger partial charge in [0.05, 0.1) is 0 Å². The summed E-state index contributed by atoms with van der Waals surface area (Å²) in [6.07, 6.45) is 4.81. The van der Waals surface area contributed by atoms with Crippen LogP contribution in [0.3, 0.4) is 0 Å². The number of benzene rings is 1. The van der Waals surface area contributed by atoms with Crippen molar-refractivity contribution in [1.29, 1.82) is 0 Å². The summed E-state index contributed by atoms with van der Waals surface area (Å²) in [5.41, 5.74) is 4.08. The second-order valence-corrected chi connectivity index (χ2v) is 4.50. The van der Waals surface area contributed by atoms with E-state index in [1.54, 1.807) is 0 Å². The standard InChI is InChI=1S/C15H22/c1-5-12(2)6-9-14(4)15-10-7-13(3)8-11-15/h7-12H,5-6H2,1-4H3/b14-9+. The van der Waals surface area contributed by atoms with Crippen LogP contribution in [0, 0.1) is 12.8 Å². The van der Waals surface area contributed by atoms with Crippen molar-refractivity contribution in [2.75, 3.05) is 0 Å². The van der Waals surface area contributed by atoms with Crippen LogP contribution in [0.4, 0.5) is 0 Å². The minimum Gasteiger partial charge on any atom is -0.0807 e. The van der Waals surface area contributed by atoms with Crippen LogP contribution in [0.1, 0.15) is 44.7 Å². The maximum absolute atomic E-state index is 2.36. The first-order valence-corrected chi connectivity index (χ1v) is 5.87. The van der Waals surface area contributed by atoms with Crippen LogP contribution in [-0.4, -0.2) is 0 Å². The summed E-state index contributed by atoms with van der Waals surface area (Å²) in [4.78, 5) is 0. The molecule has 0 aliphatic heterocycles. The minimum atomic E-state index is 0.797. The second-order valence-electron chi connectivity index (χ2n) is 4.50. The Morgan fingerprint density at radius 1 is 1.27 bits per heavy atom. The van der Waals surface area contributed by atoms with Gasteiger partial charge in [-0.1, -0.05) is 56.2 Å².